The van der Waals surface area contributed by atoms with Crippen molar-refractivity contribution in [1.82, 2.24) is 5.32 Å². The van der Waals surface area contributed by atoms with Crippen molar-refractivity contribution in [3.63, 3.8) is 0 Å². The predicted octanol–water partition coefficient (Wildman–Crippen LogP) is 1.75. The molecule has 0 radical (unpaired) electrons. The van der Waals surface area contributed by atoms with Gasteiger partial charge >= 0.3 is 0 Å². The summed E-state index contributed by atoms with van der Waals surface area (Å²) in [4.78, 5) is 23.5. The smallest absolute Gasteiger partial charge is 0.224 e. The van der Waals surface area contributed by atoms with Crippen LogP contribution in [0.5, 0.6) is 0 Å². The number of rotatable bonds is 3. The second kappa shape index (κ2) is 5.13. The highest BCUT2D eigenvalue weighted by molar-refractivity contribution is 5.99. The van der Waals surface area contributed by atoms with E-state index in [4.69, 9.17) is 0 Å². The fraction of sp³-hybridized carbons (Fsp3) is 0.467. The Kier molecular flexibility index (Phi) is 3.34. The molecule has 3 rings (SSSR count). The van der Waals surface area contributed by atoms with E-state index in [-0.39, 0.29) is 11.7 Å². The molecular formula is C15H18N2O2. The number of hydrogen-bond donors (Lipinski definition) is 2. The SMILES string of the molecule is O=C1CCc2cc(C(=O)CC3CCNC3)ccc2N1. The molecule has 1 unspecified atom stereocenters. The lowest BCUT2D eigenvalue weighted by atomic mass is 9.94. The van der Waals surface area contributed by atoms with Gasteiger partial charge in [0.25, 0.3) is 0 Å². The summed E-state index contributed by atoms with van der Waals surface area (Å²) < 4.78 is 0. The van der Waals surface area contributed by atoms with Crippen molar-refractivity contribution in [3.05, 3.63) is 29.3 Å². The minimum Gasteiger partial charge on any atom is -0.326 e. The third-order valence-electron chi connectivity index (χ3n) is 3.96. The predicted molar refractivity (Wildman–Crippen MR) is 73.3 cm³/mol. The quantitative estimate of drug-likeness (QED) is 0.812. The second-order valence-corrected chi connectivity index (χ2v) is 5.41. The summed E-state index contributed by atoms with van der Waals surface area (Å²) >= 11 is 0. The number of hydrogen-bond acceptors (Lipinski definition) is 3. The Bertz CT molecular complexity index is 519. The first kappa shape index (κ1) is 12.4. The summed E-state index contributed by atoms with van der Waals surface area (Å²) in [6.07, 6.45) is 2.95. The van der Waals surface area contributed by atoms with Gasteiger partial charge in [0, 0.05) is 24.1 Å². The van der Waals surface area contributed by atoms with E-state index in [1.165, 1.54) is 0 Å². The zero-order valence-electron chi connectivity index (χ0n) is 10.9. The molecule has 19 heavy (non-hydrogen) atoms. The topological polar surface area (TPSA) is 58.2 Å². The second-order valence-electron chi connectivity index (χ2n) is 5.41. The van der Waals surface area contributed by atoms with Crippen LogP contribution in [0.1, 0.15) is 35.2 Å². The Morgan fingerprint density at radius 3 is 3.00 bits per heavy atom. The third kappa shape index (κ3) is 2.68. The zero-order valence-corrected chi connectivity index (χ0v) is 10.9. The lowest BCUT2D eigenvalue weighted by Crippen LogP contribution is -2.19. The summed E-state index contributed by atoms with van der Waals surface area (Å²) in [5.74, 6) is 0.750. The molecule has 2 aliphatic heterocycles. The number of carbonyl (C=O) groups excluding carboxylic acids is 2. The molecule has 1 aromatic rings. The minimum absolute atomic E-state index is 0.0589. The molecule has 1 aromatic carbocycles. The Balaban J connectivity index is 1.74. The average molecular weight is 258 g/mol. The Morgan fingerprint density at radius 1 is 1.32 bits per heavy atom. The van der Waals surface area contributed by atoms with E-state index in [1.54, 1.807) is 0 Å². The van der Waals surface area contributed by atoms with Gasteiger partial charge in [0.1, 0.15) is 0 Å². The molecule has 0 bridgehead atoms. The first-order valence-electron chi connectivity index (χ1n) is 6.89. The lowest BCUT2D eigenvalue weighted by molar-refractivity contribution is -0.116. The Hall–Kier alpha value is -1.68. The number of amides is 1. The van der Waals surface area contributed by atoms with Crippen LogP contribution in [0.15, 0.2) is 18.2 Å². The molecule has 1 saturated heterocycles. The van der Waals surface area contributed by atoms with Crippen molar-refractivity contribution in [3.8, 4) is 0 Å². The van der Waals surface area contributed by atoms with Crippen LogP contribution in [-0.2, 0) is 11.2 Å². The van der Waals surface area contributed by atoms with Gasteiger partial charge in [-0.2, -0.15) is 0 Å². The average Bonchev–Trinajstić information content (AvgIpc) is 2.91. The normalized spacial score (nSPS) is 21.9. The van der Waals surface area contributed by atoms with E-state index in [1.807, 2.05) is 18.2 Å². The standard InChI is InChI=1S/C15H18N2O2/c18-14(7-10-5-6-16-9-10)12-1-3-13-11(8-12)2-4-15(19)17-13/h1,3,8,10,16H,2,4-7,9H2,(H,17,19). The first-order valence-corrected chi connectivity index (χ1v) is 6.89. The Morgan fingerprint density at radius 2 is 2.21 bits per heavy atom. The summed E-state index contributed by atoms with van der Waals surface area (Å²) in [7, 11) is 0. The number of carbonyl (C=O) groups is 2. The van der Waals surface area contributed by atoms with Gasteiger partial charge in [-0.25, -0.2) is 0 Å². The van der Waals surface area contributed by atoms with E-state index < -0.39 is 0 Å². The van der Waals surface area contributed by atoms with Crippen molar-refractivity contribution >= 4 is 17.4 Å². The summed E-state index contributed by atoms with van der Waals surface area (Å²) in [5, 5.41) is 6.12. The minimum atomic E-state index is 0.0589. The van der Waals surface area contributed by atoms with Gasteiger partial charge in [0.15, 0.2) is 5.78 Å². The van der Waals surface area contributed by atoms with E-state index in [0.717, 1.165) is 42.7 Å². The number of fused-ring (bicyclic) bond motifs is 1. The van der Waals surface area contributed by atoms with E-state index in [2.05, 4.69) is 10.6 Å². The number of benzene rings is 1. The highest BCUT2D eigenvalue weighted by Crippen LogP contribution is 2.25. The van der Waals surface area contributed by atoms with Crippen LogP contribution in [0, 0.1) is 5.92 Å². The molecule has 4 heteroatoms. The van der Waals surface area contributed by atoms with E-state index in [9.17, 15) is 9.59 Å². The molecule has 1 atom stereocenters. The van der Waals surface area contributed by atoms with Gasteiger partial charge < -0.3 is 10.6 Å². The molecule has 100 valence electrons. The van der Waals surface area contributed by atoms with Crippen LogP contribution in [-0.4, -0.2) is 24.8 Å². The Labute approximate surface area is 112 Å². The lowest BCUT2D eigenvalue weighted by Gasteiger charge is -2.17. The number of nitrogens with one attached hydrogen (secondary N) is 2. The van der Waals surface area contributed by atoms with Crippen molar-refractivity contribution in [2.45, 2.75) is 25.7 Å². The summed E-state index contributed by atoms with van der Waals surface area (Å²) in [6.45, 7) is 1.97. The van der Waals surface area contributed by atoms with Crippen molar-refractivity contribution in [2.75, 3.05) is 18.4 Å². The van der Waals surface area contributed by atoms with Gasteiger partial charge in [-0.05, 0) is 55.6 Å². The van der Waals surface area contributed by atoms with Crippen LogP contribution in [0.3, 0.4) is 0 Å². The molecule has 0 spiro atoms. The molecule has 0 aromatic heterocycles. The molecule has 4 nitrogen and oxygen atoms in total. The molecular weight excluding hydrogens is 240 g/mol. The van der Waals surface area contributed by atoms with Gasteiger partial charge in [0.05, 0.1) is 0 Å². The molecule has 0 saturated carbocycles. The molecule has 1 amide bonds. The maximum absolute atomic E-state index is 12.2. The highest BCUT2D eigenvalue weighted by atomic mass is 16.1. The molecule has 2 heterocycles. The van der Waals surface area contributed by atoms with Crippen molar-refractivity contribution < 1.29 is 9.59 Å². The molecule has 1 fully saturated rings. The van der Waals surface area contributed by atoms with Crippen LogP contribution >= 0.6 is 0 Å². The van der Waals surface area contributed by atoms with Gasteiger partial charge in [-0.3, -0.25) is 9.59 Å². The first-order chi connectivity index (χ1) is 9.22. The fourth-order valence-corrected chi connectivity index (χ4v) is 2.83. The highest BCUT2D eigenvalue weighted by Gasteiger charge is 2.21. The summed E-state index contributed by atoms with van der Waals surface area (Å²) in [6, 6.07) is 5.63. The van der Waals surface area contributed by atoms with Crippen molar-refractivity contribution in [2.24, 2.45) is 5.92 Å². The van der Waals surface area contributed by atoms with Gasteiger partial charge in [-0.15, -0.1) is 0 Å². The number of aryl methyl sites for hydroxylation is 1. The molecule has 0 aliphatic carbocycles. The molecule has 2 aliphatic rings. The van der Waals surface area contributed by atoms with Crippen LogP contribution in [0.4, 0.5) is 5.69 Å². The van der Waals surface area contributed by atoms with Crippen LogP contribution in [0.2, 0.25) is 0 Å². The van der Waals surface area contributed by atoms with Crippen LogP contribution in [0.25, 0.3) is 0 Å². The van der Waals surface area contributed by atoms with Crippen LogP contribution < -0.4 is 10.6 Å². The number of Topliss-reactive ketones (excluding diaryl/α,β-unsaturated/α-hetero) is 1. The molecule has 2 N–H and O–H groups in total. The van der Waals surface area contributed by atoms with E-state index in [0.29, 0.717) is 18.8 Å². The number of anilines is 1. The number of ketones is 1. The zero-order chi connectivity index (χ0) is 13.2. The largest absolute Gasteiger partial charge is 0.326 e. The van der Waals surface area contributed by atoms with Crippen molar-refractivity contribution in [1.29, 1.82) is 0 Å². The van der Waals surface area contributed by atoms with Gasteiger partial charge in [0.2, 0.25) is 5.91 Å². The maximum atomic E-state index is 12.2. The fourth-order valence-electron chi connectivity index (χ4n) is 2.83. The summed E-state index contributed by atoms with van der Waals surface area (Å²) in [5.41, 5.74) is 2.71. The monoisotopic (exact) mass is 258 g/mol. The third-order valence-corrected chi connectivity index (χ3v) is 3.96. The van der Waals surface area contributed by atoms with Gasteiger partial charge in [-0.1, -0.05) is 0 Å². The van der Waals surface area contributed by atoms with E-state index >= 15 is 0 Å². The maximum Gasteiger partial charge on any atom is 0.224 e.